The number of thioether (sulfide) groups is 1. The molecule has 1 aliphatic rings. The molecule has 0 aromatic carbocycles. The van der Waals surface area contributed by atoms with E-state index in [9.17, 15) is 5.26 Å². The Morgan fingerprint density at radius 3 is 2.78 bits per heavy atom. The van der Waals surface area contributed by atoms with Crippen LogP contribution in [0.5, 0.6) is 6.01 Å². The third-order valence-electron chi connectivity index (χ3n) is 3.52. The van der Waals surface area contributed by atoms with Crippen molar-refractivity contribution in [1.29, 1.82) is 5.26 Å². The summed E-state index contributed by atoms with van der Waals surface area (Å²) in [6.07, 6.45) is 7.77. The number of hydrogen-bond donors (Lipinski definition) is 0. The molecule has 2 aromatic rings. The predicted molar refractivity (Wildman–Crippen MR) is 86.5 cm³/mol. The van der Waals surface area contributed by atoms with Gasteiger partial charge in [-0.05, 0) is 18.7 Å². The van der Waals surface area contributed by atoms with Crippen LogP contribution in [-0.4, -0.2) is 45.4 Å². The Balaban J connectivity index is 1.72. The number of aryl methyl sites for hydroxylation is 1. The molecule has 7 nitrogen and oxygen atoms in total. The number of ether oxygens (including phenoxy) is 1. The van der Waals surface area contributed by atoms with Crippen LogP contribution in [0.1, 0.15) is 17.5 Å². The molecule has 0 spiro atoms. The summed E-state index contributed by atoms with van der Waals surface area (Å²) in [5, 5.41) is 9.91. The Bertz CT molecular complexity index is 730. The summed E-state index contributed by atoms with van der Waals surface area (Å²) in [4.78, 5) is 19.0. The molecule has 8 heteroatoms. The van der Waals surface area contributed by atoms with Gasteiger partial charge in [-0.25, -0.2) is 19.9 Å². The van der Waals surface area contributed by atoms with Crippen LogP contribution in [0.15, 0.2) is 23.7 Å². The highest BCUT2D eigenvalue weighted by Crippen LogP contribution is 2.25. The molecule has 0 N–H and O–H groups in total. The maximum atomic E-state index is 9.25. The zero-order valence-corrected chi connectivity index (χ0v) is 13.7. The first-order valence-electron chi connectivity index (χ1n) is 7.21. The van der Waals surface area contributed by atoms with Gasteiger partial charge in [0.2, 0.25) is 0 Å². The van der Waals surface area contributed by atoms with Crippen molar-refractivity contribution in [3.8, 4) is 12.1 Å². The van der Waals surface area contributed by atoms with E-state index < -0.39 is 0 Å². The second kappa shape index (κ2) is 6.79. The van der Waals surface area contributed by atoms with Gasteiger partial charge in [-0.2, -0.15) is 5.26 Å². The second-order valence-electron chi connectivity index (χ2n) is 5.22. The third-order valence-corrected chi connectivity index (χ3v) is 4.09. The fraction of sp³-hybridized carbons (Fsp3) is 0.400. The lowest BCUT2D eigenvalue weighted by Gasteiger charge is -2.18. The summed E-state index contributed by atoms with van der Waals surface area (Å²) in [6.45, 7) is 3.36. The van der Waals surface area contributed by atoms with Gasteiger partial charge in [0, 0.05) is 25.4 Å². The van der Waals surface area contributed by atoms with Gasteiger partial charge >= 0.3 is 6.01 Å². The summed E-state index contributed by atoms with van der Waals surface area (Å²) >= 11 is 1.46. The Morgan fingerprint density at radius 2 is 2.09 bits per heavy atom. The smallest absolute Gasteiger partial charge is 0.316 e. The minimum Gasteiger partial charge on any atom is -0.458 e. The standard InChI is InChI=1S/C15H16N6OS/c1-10-6-17-14(18-7-10)22-12-3-4-21(9-12)13-11(5-16)8-19-15(20-13)23-2/h6-8,12H,3-4,9H2,1-2H3. The lowest BCUT2D eigenvalue weighted by molar-refractivity contribution is 0.206. The zero-order chi connectivity index (χ0) is 16.2. The fourth-order valence-electron chi connectivity index (χ4n) is 2.38. The molecule has 0 saturated carbocycles. The van der Waals surface area contributed by atoms with Crippen LogP contribution in [0.3, 0.4) is 0 Å². The SMILES string of the molecule is CSc1ncc(C#N)c(N2CCC(Oc3ncc(C)cn3)C2)n1. The minimum atomic E-state index is -0.0167. The molecule has 118 valence electrons. The molecular weight excluding hydrogens is 312 g/mol. The molecule has 1 saturated heterocycles. The van der Waals surface area contributed by atoms with Gasteiger partial charge in [0.25, 0.3) is 0 Å². The van der Waals surface area contributed by atoms with E-state index in [1.165, 1.54) is 11.8 Å². The molecular formula is C15H16N6OS. The fourth-order valence-corrected chi connectivity index (χ4v) is 2.72. The van der Waals surface area contributed by atoms with Crippen molar-refractivity contribution in [3.63, 3.8) is 0 Å². The lowest BCUT2D eigenvalue weighted by atomic mass is 10.3. The van der Waals surface area contributed by atoms with Crippen molar-refractivity contribution >= 4 is 17.6 Å². The molecule has 0 radical (unpaired) electrons. The van der Waals surface area contributed by atoms with E-state index >= 15 is 0 Å². The summed E-state index contributed by atoms with van der Waals surface area (Å²) in [5.74, 6) is 0.669. The van der Waals surface area contributed by atoms with Gasteiger partial charge in [-0.3, -0.25) is 0 Å². The molecule has 23 heavy (non-hydrogen) atoms. The van der Waals surface area contributed by atoms with Gasteiger partial charge in [0.1, 0.15) is 17.7 Å². The third kappa shape index (κ3) is 3.51. The molecule has 0 amide bonds. The van der Waals surface area contributed by atoms with Gasteiger partial charge in [0.15, 0.2) is 11.0 Å². The lowest BCUT2D eigenvalue weighted by Crippen LogP contribution is -2.26. The average molecular weight is 328 g/mol. The van der Waals surface area contributed by atoms with Crippen molar-refractivity contribution in [2.45, 2.75) is 24.6 Å². The monoisotopic (exact) mass is 328 g/mol. The number of nitriles is 1. The predicted octanol–water partition coefficient (Wildman–Crippen LogP) is 1.83. The number of nitrogens with zero attached hydrogens (tertiary/aromatic N) is 6. The molecule has 1 atom stereocenters. The molecule has 0 bridgehead atoms. The van der Waals surface area contributed by atoms with Crippen molar-refractivity contribution in [3.05, 3.63) is 29.7 Å². The van der Waals surface area contributed by atoms with Gasteiger partial charge in [-0.15, -0.1) is 0 Å². The zero-order valence-electron chi connectivity index (χ0n) is 12.9. The highest BCUT2D eigenvalue weighted by molar-refractivity contribution is 7.98. The van der Waals surface area contributed by atoms with Crippen molar-refractivity contribution in [2.24, 2.45) is 0 Å². The molecule has 1 unspecified atom stereocenters. The molecule has 3 heterocycles. The van der Waals surface area contributed by atoms with Crippen molar-refractivity contribution in [2.75, 3.05) is 24.2 Å². The van der Waals surface area contributed by atoms with Crippen LogP contribution in [0.2, 0.25) is 0 Å². The van der Waals surface area contributed by atoms with E-state index in [4.69, 9.17) is 4.74 Å². The number of anilines is 1. The topological polar surface area (TPSA) is 87.8 Å². The Kier molecular flexibility index (Phi) is 4.57. The molecule has 1 fully saturated rings. The van der Waals surface area contributed by atoms with Crippen LogP contribution in [0.4, 0.5) is 5.82 Å². The van der Waals surface area contributed by atoms with Crippen LogP contribution >= 0.6 is 11.8 Å². The van der Waals surface area contributed by atoms with Gasteiger partial charge < -0.3 is 9.64 Å². The molecule has 2 aromatic heterocycles. The summed E-state index contributed by atoms with van der Waals surface area (Å²) in [5.41, 5.74) is 1.48. The summed E-state index contributed by atoms with van der Waals surface area (Å²) in [7, 11) is 0. The van der Waals surface area contributed by atoms with E-state index in [0.29, 0.717) is 29.1 Å². The number of hydrogen-bond acceptors (Lipinski definition) is 8. The first-order chi connectivity index (χ1) is 11.2. The van der Waals surface area contributed by atoms with Crippen LogP contribution in [-0.2, 0) is 0 Å². The second-order valence-corrected chi connectivity index (χ2v) is 6.00. The van der Waals surface area contributed by atoms with Crippen LogP contribution < -0.4 is 9.64 Å². The quantitative estimate of drug-likeness (QED) is 0.620. The van der Waals surface area contributed by atoms with E-state index in [1.807, 2.05) is 13.2 Å². The Hall–Kier alpha value is -2.40. The van der Waals surface area contributed by atoms with Gasteiger partial charge in [0.05, 0.1) is 12.7 Å². The molecule has 3 rings (SSSR count). The maximum Gasteiger partial charge on any atom is 0.316 e. The van der Waals surface area contributed by atoms with Crippen molar-refractivity contribution < 1.29 is 4.74 Å². The first-order valence-corrected chi connectivity index (χ1v) is 8.43. The van der Waals surface area contributed by atoms with E-state index in [1.54, 1.807) is 18.6 Å². The molecule has 0 aliphatic carbocycles. The summed E-state index contributed by atoms with van der Waals surface area (Å²) < 4.78 is 5.82. The average Bonchev–Trinajstić information content (AvgIpc) is 3.04. The van der Waals surface area contributed by atoms with E-state index in [0.717, 1.165) is 18.5 Å². The van der Waals surface area contributed by atoms with Gasteiger partial charge in [-0.1, -0.05) is 11.8 Å². The number of aromatic nitrogens is 4. The highest BCUT2D eigenvalue weighted by atomic mass is 32.2. The highest BCUT2D eigenvalue weighted by Gasteiger charge is 2.27. The Morgan fingerprint density at radius 1 is 1.30 bits per heavy atom. The largest absolute Gasteiger partial charge is 0.458 e. The van der Waals surface area contributed by atoms with Crippen LogP contribution in [0, 0.1) is 18.3 Å². The maximum absolute atomic E-state index is 9.25. The molecule has 1 aliphatic heterocycles. The minimum absolute atomic E-state index is 0.0167. The normalized spacial score (nSPS) is 17.1. The first kappa shape index (κ1) is 15.5. The van der Waals surface area contributed by atoms with Crippen molar-refractivity contribution in [1.82, 2.24) is 19.9 Å². The number of rotatable bonds is 4. The summed E-state index contributed by atoms with van der Waals surface area (Å²) in [6, 6.07) is 2.54. The van der Waals surface area contributed by atoms with E-state index in [2.05, 4.69) is 30.9 Å². The van der Waals surface area contributed by atoms with E-state index in [-0.39, 0.29) is 6.10 Å². The Labute approximate surface area is 138 Å². The van der Waals surface area contributed by atoms with Crippen LogP contribution in [0.25, 0.3) is 0 Å².